The van der Waals surface area contributed by atoms with Gasteiger partial charge in [0.25, 0.3) is 5.56 Å². The van der Waals surface area contributed by atoms with Crippen LogP contribution in [0.4, 0.5) is 0 Å². The minimum atomic E-state index is -0.196. The quantitative estimate of drug-likeness (QED) is 0.483. The molecule has 0 radical (unpaired) electrons. The van der Waals surface area contributed by atoms with Gasteiger partial charge in [0.1, 0.15) is 6.33 Å². The zero-order valence-electron chi connectivity index (χ0n) is 8.43. The Morgan fingerprint density at radius 1 is 1.50 bits per heavy atom. The molecule has 3 heterocycles. The molecule has 0 saturated carbocycles. The van der Waals surface area contributed by atoms with Crippen molar-refractivity contribution in [2.45, 2.75) is 0 Å². The molecule has 0 aliphatic carbocycles. The molecule has 0 aliphatic heterocycles. The van der Waals surface area contributed by atoms with E-state index in [1.807, 2.05) is 0 Å². The molecule has 0 fully saturated rings. The first-order valence-electron chi connectivity index (χ1n) is 4.67. The molecule has 8 nitrogen and oxygen atoms in total. The largest absolute Gasteiger partial charge is 0.330 e. The van der Waals surface area contributed by atoms with Gasteiger partial charge in [-0.2, -0.15) is 4.98 Å². The fourth-order valence-electron chi connectivity index (χ4n) is 1.59. The van der Waals surface area contributed by atoms with Crippen LogP contribution in [0.2, 0.25) is 0 Å². The lowest BCUT2D eigenvalue weighted by molar-refractivity contribution is 0.770. The summed E-state index contributed by atoms with van der Waals surface area (Å²) in [5, 5.41) is 0. The van der Waals surface area contributed by atoms with Gasteiger partial charge in [-0.15, -0.1) is 0 Å². The van der Waals surface area contributed by atoms with Crippen molar-refractivity contribution in [2.75, 3.05) is 12.6 Å². The number of nitrogens with one attached hydrogen (secondary N) is 3. The number of hydrazine groups is 1. The van der Waals surface area contributed by atoms with Gasteiger partial charge in [-0.1, -0.05) is 0 Å². The first-order chi connectivity index (χ1) is 7.81. The molecule has 0 aromatic carbocycles. The monoisotopic (exact) mass is 219 g/mol. The number of H-pyrrole nitrogens is 1. The molecular formula is C8H9N7O. The molecule has 0 atom stereocenters. The fourth-order valence-corrected chi connectivity index (χ4v) is 1.59. The van der Waals surface area contributed by atoms with Crippen molar-refractivity contribution in [3.63, 3.8) is 0 Å². The van der Waals surface area contributed by atoms with Crippen LogP contribution < -0.4 is 16.5 Å². The zero-order valence-corrected chi connectivity index (χ0v) is 8.43. The van der Waals surface area contributed by atoms with Crippen molar-refractivity contribution in [3.8, 4) is 0 Å². The van der Waals surface area contributed by atoms with E-state index < -0.39 is 0 Å². The summed E-state index contributed by atoms with van der Waals surface area (Å²) in [7, 11) is 1.71. The Morgan fingerprint density at radius 2 is 2.38 bits per heavy atom. The second kappa shape index (κ2) is 3.07. The van der Waals surface area contributed by atoms with Crippen LogP contribution in [-0.4, -0.2) is 31.1 Å². The van der Waals surface area contributed by atoms with Gasteiger partial charge in [0.05, 0.1) is 0 Å². The summed E-state index contributed by atoms with van der Waals surface area (Å²) in [6, 6.07) is 0. The lowest BCUT2D eigenvalue weighted by Crippen LogP contribution is -2.26. The van der Waals surface area contributed by atoms with E-state index in [1.54, 1.807) is 19.4 Å². The van der Waals surface area contributed by atoms with Crippen LogP contribution in [-0.2, 0) is 0 Å². The van der Waals surface area contributed by atoms with E-state index in [-0.39, 0.29) is 5.56 Å². The predicted octanol–water partition coefficient (Wildman–Crippen LogP) is -0.950. The van der Waals surface area contributed by atoms with Crippen LogP contribution >= 0.6 is 0 Å². The van der Waals surface area contributed by atoms with Gasteiger partial charge in [0.15, 0.2) is 11.2 Å². The van der Waals surface area contributed by atoms with E-state index in [0.717, 1.165) is 0 Å². The molecule has 0 unspecified atom stereocenters. The third kappa shape index (κ3) is 1.04. The second-order valence-electron chi connectivity index (χ2n) is 3.22. The topological polar surface area (TPSA) is 92.0 Å². The number of rotatable bonds is 2. The molecule has 0 spiro atoms. The van der Waals surface area contributed by atoms with Gasteiger partial charge in [-0.05, 0) is 0 Å². The molecule has 3 aromatic rings. The van der Waals surface area contributed by atoms with E-state index >= 15 is 0 Å². The first-order valence-corrected chi connectivity index (χ1v) is 4.67. The van der Waals surface area contributed by atoms with Crippen LogP contribution in [0.1, 0.15) is 0 Å². The van der Waals surface area contributed by atoms with Gasteiger partial charge in [-0.3, -0.25) is 14.7 Å². The Hall–Kier alpha value is -2.35. The van der Waals surface area contributed by atoms with Crippen molar-refractivity contribution in [3.05, 3.63) is 29.1 Å². The summed E-state index contributed by atoms with van der Waals surface area (Å²) in [5.41, 5.74) is 6.13. The van der Waals surface area contributed by atoms with Crippen molar-refractivity contribution < 1.29 is 0 Å². The smallest absolute Gasteiger partial charge is 0.287 e. The minimum Gasteiger partial charge on any atom is -0.330 e. The van der Waals surface area contributed by atoms with Crippen LogP contribution in [0.3, 0.4) is 0 Å². The molecule has 0 aliphatic rings. The van der Waals surface area contributed by atoms with Crippen molar-refractivity contribution >= 4 is 16.9 Å². The zero-order chi connectivity index (χ0) is 11.1. The average molecular weight is 219 g/mol. The van der Waals surface area contributed by atoms with Crippen LogP contribution in [0.15, 0.2) is 23.5 Å². The highest BCUT2D eigenvalue weighted by Crippen LogP contribution is 2.04. The third-order valence-electron chi connectivity index (χ3n) is 2.27. The highest BCUT2D eigenvalue weighted by molar-refractivity contribution is 5.71. The molecule has 0 amide bonds. The maximum absolute atomic E-state index is 11.9. The Balaban J connectivity index is 2.44. The molecule has 3 rings (SSSR count). The van der Waals surface area contributed by atoms with Gasteiger partial charge in [-0.25, -0.2) is 15.1 Å². The summed E-state index contributed by atoms with van der Waals surface area (Å²) < 4.78 is 2.95. The Bertz CT molecular complexity index is 706. The van der Waals surface area contributed by atoms with E-state index in [9.17, 15) is 4.79 Å². The summed E-state index contributed by atoms with van der Waals surface area (Å²) in [6.45, 7) is 0. The van der Waals surface area contributed by atoms with Crippen molar-refractivity contribution in [1.82, 2.24) is 29.5 Å². The number of nitrogens with zero attached hydrogens (tertiary/aromatic N) is 4. The third-order valence-corrected chi connectivity index (χ3v) is 2.27. The molecular weight excluding hydrogens is 210 g/mol. The number of imidazole rings is 2. The van der Waals surface area contributed by atoms with Crippen LogP contribution in [0, 0.1) is 0 Å². The first kappa shape index (κ1) is 8.92. The highest BCUT2D eigenvalue weighted by atomic mass is 16.1. The summed E-state index contributed by atoms with van der Waals surface area (Å²) in [5.74, 6) is 0.483. The van der Waals surface area contributed by atoms with E-state index in [0.29, 0.717) is 16.9 Å². The average Bonchev–Trinajstić information content (AvgIpc) is 2.87. The molecule has 0 saturated heterocycles. The molecule has 16 heavy (non-hydrogen) atoms. The van der Waals surface area contributed by atoms with Gasteiger partial charge < -0.3 is 4.98 Å². The van der Waals surface area contributed by atoms with Gasteiger partial charge in [0, 0.05) is 19.4 Å². The molecule has 0 bridgehead atoms. The van der Waals surface area contributed by atoms with Crippen LogP contribution in [0.5, 0.6) is 0 Å². The summed E-state index contributed by atoms with van der Waals surface area (Å²) in [6.07, 6.45) is 4.77. The Kier molecular flexibility index (Phi) is 1.71. The second-order valence-corrected chi connectivity index (χ2v) is 3.22. The number of hydrogen-bond acceptors (Lipinski definition) is 5. The molecule has 82 valence electrons. The van der Waals surface area contributed by atoms with E-state index in [1.165, 1.54) is 15.4 Å². The fraction of sp³-hybridized carbons (Fsp3) is 0.125. The maximum Gasteiger partial charge on any atom is 0.287 e. The Morgan fingerprint density at radius 3 is 3.19 bits per heavy atom. The van der Waals surface area contributed by atoms with Gasteiger partial charge >= 0.3 is 0 Å². The lowest BCUT2D eigenvalue weighted by atomic mass is 10.5. The molecule has 3 N–H and O–H groups in total. The normalized spacial score (nSPS) is 11.3. The highest BCUT2D eigenvalue weighted by Gasteiger charge is 2.11. The van der Waals surface area contributed by atoms with Crippen LogP contribution in [0.25, 0.3) is 16.9 Å². The number of aromatic amines is 1. The summed E-state index contributed by atoms with van der Waals surface area (Å²) >= 11 is 0. The minimum absolute atomic E-state index is 0.196. The maximum atomic E-state index is 11.9. The lowest BCUT2D eigenvalue weighted by Gasteiger charge is -2.04. The molecule has 8 heteroatoms. The number of fused-ring (bicyclic) bond motifs is 2. The van der Waals surface area contributed by atoms with Crippen molar-refractivity contribution in [2.24, 2.45) is 0 Å². The van der Waals surface area contributed by atoms with Crippen molar-refractivity contribution in [1.29, 1.82) is 0 Å². The number of hydrogen-bond donors (Lipinski definition) is 3. The van der Waals surface area contributed by atoms with Gasteiger partial charge in [0.2, 0.25) is 5.78 Å². The molecule has 3 aromatic heterocycles. The Labute approximate surface area is 88.9 Å². The predicted molar refractivity (Wildman–Crippen MR) is 57.5 cm³/mol. The number of aromatic nitrogens is 5. The van der Waals surface area contributed by atoms with E-state index in [2.05, 4.69) is 25.9 Å². The summed E-state index contributed by atoms with van der Waals surface area (Å²) in [4.78, 5) is 23.1. The SMILES string of the molecule is CNNn1cnc2c(=O)n3cc[nH]c3nc21. The van der Waals surface area contributed by atoms with E-state index in [4.69, 9.17) is 0 Å². The standard InChI is InChI=1S/C8H9N7O/c1-9-13-15-4-11-5-6(15)12-8-10-2-3-14(8)7(5)16/h2-4,9,13H,1H3,(H,10,12).